The fourth-order valence-electron chi connectivity index (χ4n) is 1.35. The van der Waals surface area contributed by atoms with Crippen molar-refractivity contribution in [2.45, 2.75) is 39.2 Å². The van der Waals surface area contributed by atoms with Crippen LogP contribution in [0.4, 0.5) is 5.69 Å². The molecule has 0 saturated carbocycles. The van der Waals surface area contributed by atoms with E-state index < -0.39 is 0 Å². The van der Waals surface area contributed by atoms with Crippen LogP contribution in [-0.2, 0) is 9.53 Å². The minimum Gasteiger partial charge on any atom is -0.462 e. The Kier molecular flexibility index (Phi) is 4.35. The first-order valence-corrected chi connectivity index (χ1v) is 5.60. The van der Waals surface area contributed by atoms with Gasteiger partial charge < -0.3 is 10.5 Å². The number of hydrogen-bond acceptors (Lipinski definition) is 3. The molecule has 1 aromatic carbocycles. The zero-order valence-corrected chi connectivity index (χ0v) is 10.1. The molecular weight excluding hydrogens is 202 g/mol. The van der Waals surface area contributed by atoms with Crippen LogP contribution in [0.2, 0.25) is 0 Å². The number of anilines is 1. The fraction of sp³-hybridized carbons (Fsp3) is 0.462. The number of carbonyl (C=O) groups excluding carboxylic acids is 1. The molecule has 0 aliphatic heterocycles. The van der Waals surface area contributed by atoms with Crippen LogP contribution < -0.4 is 5.73 Å². The van der Waals surface area contributed by atoms with E-state index in [1.54, 1.807) is 6.07 Å². The summed E-state index contributed by atoms with van der Waals surface area (Å²) in [4.78, 5) is 11.8. The number of nitrogen functional groups attached to an aromatic ring is 1. The average molecular weight is 221 g/mol. The smallest absolute Gasteiger partial charge is 0.313 e. The lowest BCUT2D eigenvalue weighted by molar-refractivity contribution is -0.149. The van der Waals surface area contributed by atoms with Crippen molar-refractivity contribution in [3.63, 3.8) is 0 Å². The number of esters is 1. The first-order chi connectivity index (χ1) is 7.54. The molecule has 3 nitrogen and oxygen atoms in total. The van der Waals surface area contributed by atoms with Gasteiger partial charge in [-0.05, 0) is 38.0 Å². The lowest BCUT2D eigenvalue weighted by Crippen LogP contribution is -2.19. The van der Waals surface area contributed by atoms with Gasteiger partial charge in [0.1, 0.15) is 0 Å². The van der Waals surface area contributed by atoms with E-state index >= 15 is 0 Å². The van der Waals surface area contributed by atoms with Crippen LogP contribution in [0.5, 0.6) is 0 Å². The molecule has 0 aliphatic rings. The van der Waals surface area contributed by atoms with Crippen LogP contribution >= 0.6 is 0 Å². The average Bonchev–Trinajstić information content (AvgIpc) is 2.27. The molecule has 1 aromatic rings. The maximum atomic E-state index is 11.8. The second kappa shape index (κ2) is 5.54. The molecule has 0 heterocycles. The molecule has 88 valence electrons. The van der Waals surface area contributed by atoms with Gasteiger partial charge in [-0.1, -0.05) is 19.1 Å². The first-order valence-electron chi connectivity index (χ1n) is 5.60. The Morgan fingerprint density at radius 1 is 1.44 bits per heavy atom. The highest BCUT2D eigenvalue weighted by Gasteiger charge is 2.18. The van der Waals surface area contributed by atoms with Gasteiger partial charge >= 0.3 is 5.97 Å². The van der Waals surface area contributed by atoms with Crippen molar-refractivity contribution >= 4 is 11.7 Å². The third kappa shape index (κ3) is 3.26. The number of ether oxygens (including phenoxy) is 1. The van der Waals surface area contributed by atoms with Crippen LogP contribution in [0.1, 0.15) is 38.7 Å². The normalized spacial score (nSPS) is 14.2. The highest BCUT2D eigenvalue weighted by atomic mass is 16.5. The summed E-state index contributed by atoms with van der Waals surface area (Å²) in [6.07, 6.45) is 0.797. The second-order valence-corrected chi connectivity index (χ2v) is 4.05. The maximum Gasteiger partial charge on any atom is 0.313 e. The van der Waals surface area contributed by atoms with Crippen LogP contribution in [-0.4, -0.2) is 12.1 Å². The predicted molar refractivity (Wildman–Crippen MR) is 65.1 cm³/mol. The van der Waals surface area contributed by atoms with Crippen molar-refractivity contribution in [1.82, 2.24) is 0 Å². The van der Waals surface area contributed by atoms with Crippen LogP contribution in [0.3, 0.4) is 0 Å². The molecule has 16 heavy (non-hydrogen) atoms. The summed E-state index contributed by atoms with van der Waals surface area (Å²) in [7, 11) is 0. The molecule has 2 unspecified atom stereocenters. The minimum atomic E-state index is -0.266. The molecule has 1 rings (SSSR count). The Bertz CT molecular complexity index is 363. The lowest BCUT2D eigenvalue weighted by atomic mass is 10.0. The molecule has 0 bridgehead atoms. The number of rotatable bonds is 4. The van der Waals surface area contributed by atoms with E-state index in [4.69, 9.17) is 10.5 Å². The van der Waals surface area contributed by atoms with E-state index in [1.807, 2.05) is 39.0 Å². The number of nitrogens with two attached hydrogens (primary N) is 1. The monoisotopic (exact) mass is 221 g/mol. The summed E-state index contributed by atoms with van der Waals surface area (Å²) in [6, 6.07) is 7.34. The van der Waals surface area contributed by atoms with Crippen LogP contribution in [0, 0.1) is 0 Å². The second-order valence-electron chi connectivity index (χ2n) is 4.05. The number of benzene rings is 1. The van der Waals surface area contributed by atoms with Crippen molar-refractivity contribution in [2.75, 3.05) is 5.73 Å². The topological polar surface area (TPSA) is 52.3 Å². The third-order valence-electron chi connectivity index (χ3n) is 2.66. The lowest BCUT2D eigenvalue weighted by Gasteiger charge is -2.16. The van der Waals surface area contributed by atoms with E-state index in [0.29, 0.717) is 5.69 Å². The van der Waals surface area contributed by atoms with Gasteiger partial charge in [0, 0.05) is 5.69 Å². The van der Waals surface area contributed by atoms with Gasteiger partial charge in [0.05, 0.1) is 12.0 Å². The molecule has 3 heteroatoms. The van der Waals surface area contributed by atoms with Gasteiger partial charge in [-0.3, -0.25) is 4.79 Å². The Morgan fingerprint density at radius 2 is 2.12 bits per heavy atom. The van der Waals surface area contributed by atoms with Gasteiger partial charge in [0.15, 0.2) is 0 Å². The van der Waals surface area contributed by atoms with Gasteiger partial charge in [-0.15, -0.1) is 0 Å². The molecule has 0 saturated heterocycles. The highest BCUT2D eigenvalue weighted by molar-refractivity contribution is 5.78. The standard InChI is InChI=1S/C13H19NO2/c1-4-9(2)16-13(15)10(3)11-6-5-7-12(14)8-11/h5-10H,4,14H2,1-3H3. The Morgan fingerprint density at radius 3 is 2.69 bits per heavy atom. The van der Waals surface area contributed by atoms with Gasteiger partial charge in [0.2, 0.25) is 0 Å². The largest absolute Gasteiger partial charge is 0.462 e. The van der Waals surface area contributed by atoms with Crippen molar-refractivity contribution in [3.05, 3.63) is 29.8 Å². The van der Waals surface area contributed by atoms with Crippen LogP contribution in [0.15, 0.2) is 24.3 Å². The minimum absolute atomic E-state index is 0.0315. The first kappa shape index (κ1) is 12.6. The molecule has 0 spiro atoms. The van der Waals surface area contributed by atoms with Crippen molar-refractivity contribution in [1.29, 1.82) is 0 Å². The molecular formula is C13H19NO2. The molecule has 0 aromatic heterocycles. The zero-order chi connectivity index (χ0) is 12.1. The summed E-state index contributed by atoms with van der Waals surface area (Å²) in [5.41, 5.74) is 7.24. The van der Waals surface area contributed by atoms with E-state index in [9.17, 15) is 4.79 Å². The van der Waals surface area contributed by atoms with E-state index in [1.165, 1.54) is 0 Å². The summed E-state index contributed by atoms with van der Waals surface area (Å²) in [5, 5.41) is 0. The third-order valence-corrected chi connectivity index (χ3v) is 2.66. The Labute approximate surface area is 96.6 Å². The highest BCUT2D eigenvalue weighted by Crippen LogP contribution is 2.19. The zero-order valence-electron chi connectivity index (χ0n) is 10.1. The fourth-order valence-corrected chi connectivity index (χ4v) is 1.35. The van der Waals surface area contributed by atoms with E-state index in [2.05, 4.69) is 0 Å². The molecule has 0 radical (unpaired) electrons. The maximum absolute atomic E-state index is 11.8. The van der Waals surface area contributed by atoms with E-state index in [-0.39, 0.29) is 18.0 Å². The molecule has 0 amide bonds. The Balaban J connectivity index is 2.70. The summed E-state index contributed by atoms with van der Waals surface area (Å²) in [5.74, 6) is -0.461. The van der Waals surface area contributed by atoms with E-state index in [0.717, 1.165) is 12.0 Å². The number of hydrogen-bond donors (Lipinski definition) is 1. The molecule has 2 N–H and O–H groups in total. The molecule has 2 atom stereocenters. The Hall–Kier alpha value is -1.51. The van der Waals surface area contributed by atoms with Crippen molar-refractivity contribution in [3.8, 4) is 0 Å². The predicted octanol–water partition coefficient (Wildman–Crippen LogP) is 2.71. The summed E-state index contributed by atoms with van der Waals surface area (Å²) >= 11 is 0. The van der Waals surface area contributed by atoms with Crippen molar-refractivity contribution < 1.29 is 9.53 Å². The van der Waals surface area contributed by atoms with Gasteiger partial charge in [-0.2, -0.15) is 0 Å². The SMILES string of the molecule is CCC(C)OC(=O)C(C)c1cccc(N)c1. The number of carbonyl (C=O) groups is 1. The summed E-state index contributed by atoms with van der Waals surface area (Å²) in [6.45, 7) is 5.71. The van der Waals surface area contributed by atoms with Gasteiger partial charge in [0.25, 0.3) is 0 Å². The van der Waals surface area contributed by atoms with Gasteiger partial charge in [-0.25, -0.2) is 0 Å². The molecule has 0 aliphatic carbocycles. The van der Waals surface area contributed by atoms with Crippen molar-refractivity contribution in [2.24, 2.45) is 0 Å². The van der Waals surface area contributed by atoms with Crippen LogP contribution in [0.25, 0.3) is 0 Å². The molecule has 0 fully saturated rings. The quantitative estimate of drug-likeness (QED) is 0.628. The summed E-state index contributed by atoms with van der Waals surface area (Å²) < 4.78 is 5.28.